The van der Waals surface area contributed by atoms with Gasteiger partial charge in [0, 0.05) is 26.2 Å². The van der Waals surface area contributed by atoms with Crippen molar-refractivity contribution in [2.24, 2.45) is 12.0 Å². The second kappa shape index (κ2) is 8.72. The van der Waals surface area contributed by atoms with Gasteiger partial charge >= 0.3 is 5.69 Å². The van der Waals surface area contributed by atoms with Crippen LogP contribution in [0.25, 0.3) is 5.69 Å². The summed E-state index contributed by atoms with van der Waals surface area (Å²) in [6, 6.07) is 11.5. The molecule has 0 amide bonds. The zero-order valence-electron chi connectivity index (χ0n) is 17.5. The lowest BCUT2D eigenvalue weighted by Gasteiger charge is -2.14. The van der Waals surface area contributed by atoms with Crippen molar-refractivity contribution >= 4 is 12.0 Å². The van der Waals surface area contributed by atoms with Crippen LogP contribution >= 0.6 is 0 Å². The van der Waals surface area contributed by atoms with Gasteiger partial charge in [0.25, 0.3) is 0 Å². The van der Waals surface area contributed by atoms with Crippen molar-refractivity contribution in [3.05, 3.63) is 63.6 Å². The molecule has 0 aliphatic heterocycles. The summed E-state index contributed by atoms with van der Waals surface area (Å²) in [5, 5.41) is 7.76. The van der Waals surface area contributed by atoms with E-state index in [1.54, 1.807) is 7.05 Å². The van der Waals surface area contributed by atoms with Crippen LogP contribution in [0.3, 0.4) is 0 Å². The van der Waals surface area contributed by atoms with E-state index in [0.29, 0.717) is 12.3 Å². The van der Waals surface area contributed by atoms with Gasteiger partial charge in [-0.15, -0.1) is 0 Å². The third kappa shape index (κ3) is 4.53. The van der Waals surface area contributed by atoms with Gasteiger partial charge in [0.15, 0.2) is 0 Å². The van der Waals surface area contributed by atoms with Gasteiger partial charge in [-0.2, -0.15) is 9.36 Å². The van der Waals surface area contributed by atoms with Crippen molar-refractivity contribution in [1.29, 1.82) is 0 Å². The summed E-state index contributed by atoms with van der Waals surface area (Å²) < 4.78 is 8.57. The van der Waals surface area contributed by atoms with Crippen LogP contribution in [0.2, 0.25) is 0 Å². The van der Waals surface area contributed by atoms with E-state index in [9.17, 15) is 4.79 Å². The highest BCUT2D eigenvalue weighted by molar-refractivity contribution is 5.62. The van der Waals surface area contributed by atoms with Gasteiger partial charge in [-0.05, 0) is 66.6 Å². The number of ether oxygens (including phenoxy) is 1. The Morgan fingerprint density at radius 1 is 1.17 bits per heavy atom. The molecule has 29 heavy (non-hydrogen) atoms. The van der Waals surface area contributed by atoms with E-state index in [1.807, 2.05) is 68.5 Å². The second-order valence-electron chi connectivity index (χ2n) is 6.93. The van der Waals surface area contributed by atoms with Gasteiger partial charge in [0.1, 0.15) is 12.4 Å². The lowest BCUT2D eigenvalue weighted by Crippen LogP contribution is -2.23. The highest BCUT2D eigenvalue weighted by atomic mass is 16.5. The summed E-state index contributed by atoms with van der Waals surface area (Å²) in [7, 11) is 3.56. The first-order valence-electron chi connectivity index (χ1n) is 9.46. The monoisotopic (exact) mass is 394 g/mol. The van der Waals surface area contributed by atoms with Gasteiger partial charge in [-0.25, -0.2) is 9.79 Å². The topological polar surface area (TPSA) is 77.5 Å². The number of hydrogen-bond acceptors (Lipinski definition) is 5. The molecular formula is C21H26N6O2. The fraction of sp³-hybridized carbons (Fsp3) is 0.333. The average molecular weight is 394 g/mol. The molecule has 2 aromatic carbocycles. The number of hydrogen-bond donors (Lipinski definition) is 0. The summed E-state index contributed by atoms with van der Waals surface area (Å²) in [6.07, 6.45) is 1.81. The molecule has 0 saturated heterocycles. The van der Waals surface area contributed by atoms with Crippen molar-refractivity contribution in [2.75, 3.05) is 13.6 Å². The van der Waals surface area contributed by atoms with E-state index < -0.39 is 0 Å². The molecule has 0 fully saturated rings. The van der Waals surface area contributed by atoms with E-state index in [0.717, 1.165) is 34.7 Å². The smallest absolute Gasteiger partial charge is 0.368 e. The first-order valence-corrected chi connectivity index (χ1v) is 9.46. The molecule has 0 atom stereocenters. The van der Waals surface area contributed by atoms with Crippen LogP contribution in [0.4, 0.5) is 5.69 Å². The number of rotatable bonds is 7. The molecule has 0 aliphatic rings. The SMILES string of the molecule is CCN(C)C=Nc1ccc(OCc2c(C)cccc2-n2nnn(C)c2=O)c(C)c1. The lowest BCUT2D eigenvalue weighted by molar-refractivity contribution is 0.302. The quantitative estimate of drug-likeness (QED) is 0.455. The molecule has 3 rings (SSSR count). The Morgan fingerprint density at radius 2 is 1.97 bits per heavy atom. The molecule has 0 unspecified atom stereocenters. The zero-order valence-corrected chi connectivity index (χ0v) is 17.5. The highest BCUT2D eigenvalue weighted by Crippen LogP contribution is 2.26. The summed E-state index contributed by atoms with van der Waals surface area (Å²) >= 11 is 0. The van der Waals surface area contributed by atoms with E-state index in [2.05, 4.69) is 22.3 Å². The van der Waals surface area contributed by atoms with Crippen LogP contribution in [-0.4, -0.2) is 44.6 Å². The Labute approximate surface area is 170 Å². The molecule has 0 N–H and O–H groups in total. The van der Waals surface area contributed by atoms with Crippen molar-refractivity contribution in [2.45, 2.75) is 27.4 Å². The molecule has 152 valence electrons. The van der Waals surface area contributed by atoms with Crippen LogP contribution in [0, 0.1) is 13.8 Å². The molecule has 1 aromatic heterocycles. The number of nitrogens with zero attached hydrogens (tertiary/aromatic N) is 6. The largest absolute Gasteiger partial charge is 0.489 e. The second-order valence-corrected chi connectivity index (χ2v) is 6.93. The standard InChI is InChI=1S/C21H26N6O2/c1-6-25(4)14-22-17-10-11-20(16(3)12-17)29-13-18-15(2)8-7-9-19(18)27-21(28)26(5)23-24-27/h7-12,14H,6,13H2,1-5H3. The lowest BCUT2D eigenvalue weighted by atomic mass is 10.1. The normalized spacial score (nSPS) is 11.2. The van der Waals surface area contributed by atoms with E-state index >= 15 is 0 Å². The summed E-state index contributed by atoms with van der Waals surface area (Å²) in [4.78, 5) is 18.7. The Bertz CT molecular complexity index is 1080. The molecule has 0 bridgehead atoms. The minimum absolute atomic E-state index is 0.299. The maximum absolute atomic E-state index is 12.3. The van der Waals surface area contributed by atoms with Gasteiger partial charge in [0.05, 0.1) is 17.7 Å². The average Bonchev–Trinajstić information content (AvgIpc) is 3.04. The summed E-state index contributed by atoms with van der Waals surface area (Å²) in [5.74, 6) is 0.772. The molecule has 1 heterocycles. The number of tetrazole rings is 1. The van der Waals surface area contributed by atoms with Crippen LogP contribution in [0.15, 0.2) is 46.2 Å². The number of aromatic nitrogens is 4. The minimum atomic E-state index is -0.299. The Morgan fingerprint density at radius 3 is 2.62 bits per heavy atom. The van der Waals surface area contributed by atoms with Crippen LogP contribution < -0.4 is 10.4 Å². The zero-order chi connectivity index (χ0) is 21.0. The Kier molecular flexibility index (Phi) is 6.11. The first kappa shape index (κ1) is 20.3. The molecule has 8 nitrogen and oxygen atoms in total. The van der Waals surface area contributed by atoms with Gasteiger partial charge in [-0.3, -0.25) is 0 Å². The fourth-order valence-electron chi connectivity index (χ4n) is 2.81. The van der Waals surface area contributed by atoms with Crippen molar-refractivity contribution in [3.63, 3.8) is 0 Å². The predicted molar refractivity (Wildman–Crippen MR) is 113 cm³/mol. The molecule has 0 saturated carbocycles. The summed E-state index contributed by atoms with van der Waals surface area (Å²) in [6.45, 7) is 7.26. The third-order valence-corrected chi connectivity index (χ3v) is 4.77. The van der Waals surface area contributed by atoms with Gasteiger partial charge in [-0.1, -0.05) is 12.1 Å². The Hall–Kier alpha value is -3.42. The van der Waals surface area contributed by atoms with E-state index in [-0.39, 0.29) is 5.69 Å². The fourth-order valence-corrected chi connectivity index (χ4v) is 2.81. The van der Waals surface area contributed by atoms with Crippen molar-refractivity contribution in [1.82, 2.24) is 24.7 Å². The van der Waals surface area contributed by atoms with Crippen molar-refractivity contribution in [3.8, 4) is 11.4 Å². The van der Waals surface area contributed by atoms with Gasteiger partial charge in [0.2, 0.25) is 0 Å². The predicted octanol–water partition coefficient (Wildman–Crippen LogP) is 2.77. The van der Waals surface area contributed by atoms with Crippen LogP contribution in [0.1, 0.15) is 23.6 Å². The van der Waals surface area contributed by atoms with E-state index in [4.69, 9.17) is 4.74 Å². The first-order chi connectivity index (χ1) is 13.9. The van der Waals surface area contributed by atoms with Crippen LogP contribution in [0.5, 0.6) is 5.75 Å². The maximum atomic E-state index is 12.3. The molecule has 0 spiro atoms. The third-order valence-electron chi connectivity index (χ3n) is 4.77. The highest BCUT2D eigenvalue weighted by Gasteiger charge is 2.14. The summed E-state index contributed by atoms with van der Waals surface area (Å²) in [5.41, 5.74) is 4.14. The molecule has 0 aliphatic carbocycles. The number of benzene rings is 2. The molecule has 8 heteroatoms. The molecular weight excluding hydrogens is 368 g/mol. The minimum Gasteiger partial charge on any atom is -0.489 e. The maximum Gasteiger partial charge on any atom is 0.368 e. The van der Waals surface area contributed by atoms with Gasteiger partial charge < -0.3 is 9.64 Å². The molecule has 3 aromatic rings. The number of aliphatic imine (C=N–C) groups is 1. The van der Waals surface area contributed by atoms with Crippen molar-refractivity contribution < 1.29 is 4.74 Å². The van der Waals surface area contributed by atoms with E-state index in [1.165, 1.54) is 9.36 Å². The Balaban J connectivity index is 1.83. The van der Waals surface area contributed by atoms with Crippen LogP contribution in [-0.2, 0) is 13.7 Å². The number of aryl methyl sites for hydroxylation is 3. The molecule has 0 radical (unpaired) electrons.